The molecule has 0 amide bonds. The SMILES string of the molecule is [NH2+]=Cc1cc(Nc2ncnc3ccc(-c4ccn(CC(O)CN5CCC(N6CCCCC6)CC5)c4)cc23)ccc1NCc1cccc(F)c1. The van der Waals surface area contributed by atoms with Crippen molar-refractivity contribution in [2.24, 2.45) is 0 Å². The van der Waals surface area contributed by atoms with E-state index in [0.717, 1.165) is 57.6 Å². The van der Waals surface area contributed by atoms with Gasteiger partial charge in [0.2, 0.25) is 0 Å². The van der Waals surface area contributed by atoms with Gasteiger partial charge in [0.15, 0.2) is 6.21 Å². The second-order valence-corrected chi connectivity index (χ2v) is 13.4. The first-order valence-corrected chi connectivity index (χ1v) is 17.5. The minimum absolute atomic E-state index is 0.259. The summed E-state index contributed by atoms with van der Waals surface area (Å²) in [7, 11) is 0. The van der Waals surface area contributed by atoms with Gasteiger partial charge >= 0.3 is 0 Å². The van der Waals surface area contributed by atoms with Crippen molar-refractivity contribution in [3.05, 3.63) is 102 Å². The molecule has 2 fully saturated rings. The number of aliphatic hydroxyl groups excluding tert-OH is 1. The molecule has 0 aliphatic carbocycles. The molecule has 7 rings (SSSR count). The molecule has 4 heterocycles. The minimum atomic E-state index is -0.425. The Hall–Kier alpha value is -4.64. The summed E-state index contributed by atoms with van der Waals surface area (Å²) >= 11 is 0. The van der Waals surface area contributed by atoms with Crippen LogP contribution in [0, 0.1) is 5.82 Å². The largest absolute Gasteiger partial charge is 0.390 e. The Labute approximate surface area is 287 Å². The van der Waals surface area contributed by atoms with Gasteiger partial charge in [0.1, 0.15) is 18.0 Å². The van der Waals surface area contributed by atoms with Crippen LogP contribution in [0.25, 0.3) is 22.0 Å². The summed E-state index contributed by atoms with van der Waals surface area (Å²) in [6.07, 6.45) is 13.3. The molecular formula is C39H46FN8O+. The molecule has 2 saturated heterocycles. The maximum absolute atomic E-state index is 13.6. The van der Waals surface area contributed by atoms with Crippen LogP contribution in [0.3, 0.4) is 0 Å². The molecule has 2 aliphatic rings. The summed E-state index contributed by atoms with van der Waals surface area (Å²) in [6.45, 7) is 6.38. The molecule has 2 aromatic heterocycles. The molecule has 1 atom stereocenters. The van der Waals surface area contributed by atoms with Gasteiger partial charge in [0.05, 0.1) is 17.2 Å². The lowest BCUT2D eigenvalue weighted by molar-refractivity contribution is -0.104. The van der Waals surface area contributed by atoms with E-state index in [0.29, 0.717) is 31.5 Å². The van der Waals surface area contributed by atoms with Crippen molar-refractivity contribution in [3.8, 4) is 11.1 Å². The molecule has 3 aromatic carbocycles. The number of aliphatic hydroxyl groups is 1. The Balaban J connectivity index is 0.985. The highest BCUT2D eigenvalue weighted by molar-refractivity contribution is 5.94. The molecule has 5 N–H and O–H groups in total. The number of benzene rings is 3. The smallest absolute Gasteiger partial charge is 0.169 e. The van der Waals surface area contributed by atoms with E-state index >= 15 is 0 Å². The molecule has 1 unspecified atom stereocenters. The summed E-state index contributed by atoms with van der Waals surface area (Å²) in [5, 5.41) is 24.7. The molecule has 0 spiro atoms. The number of piperidine rings is 2. The first-order chi connectivity index (χ1) is 24.0. The van der Waals surface area contributed by atoms with Crippen molar-refractivity contribution in [3.63, 3.8) is 0 Å². The fourth-order valence-corrected chi connectivity index (χ4v) is 7.33. The summed E-state index contributed by atoms with van der Waals surface area (Å²) < 4.78 is 15.7. The Morgan fingerprint density at radius 2 is 1.78 bits per heavy atom. The van der Waals surface area contributed by atoms with Crippen LogP contribution in [0.4, 0.5) is 21.6 Å². The highest BCUT2D eigenvalue weighted by Gasteiger charge is 2.26. The lowest BCUT2D eigenvalue weighted by atomic mass is 9.99. The molecule has 9 nitrogen and oxygen atoms in total. The third-order valence-electron chi connectivity index (χ3n) is 9.94. The summed E-state index contributed by atoms with van der Waals surface area (Å²) in [4.78, 5) is 14.2. The number of rotatable bonds is 12. The van der Waals surface area contributed by atoms with Crippen LogP contribution in [0.15, 0.2) is 85.5 Å². The Kier molecular flexibility index (Phi) is 10.3. The van der Waals surface area contributed by atoms with Crippen LogP contribution in [0.1, 0.15) is 43.2 Å². The Bertz CT molecular complexity index is 1880. The number of nitrogens with two attached hydrogens (primary N) is 1. The Morgan fingerprint density at radius 3 is 2.59 bits per heavy atom. The van der Waals surface area contributed by atoms with Crippen molar-refractivity contribution in [2.75, 3.05) is 43.4 Å². The number of hydrogen-bond acceptors (Lipinski definition) is 7. The number of fused-ring (bicyclic) bond motifs is 1. The molecule has 254 valence electrons. The van der Waals surface area contributed by atoms with Gasteiger partial charge in [-0.05, 0) is 117 Å². The average Bonchev–Trinajstić information content (AvgIpc) is 3.60. The number of likely N-dealkylation sites (tertiary alicyclic amines) is 2. The maximum atomic E-state index is 13.6. The van der Waals surface area contributed by atoms with Crippen molar-refractivity contribution >= 4 is 34.3 Å². The third-order valence-corrected chi connectivity index (χ3v) is 9.94. The zero-order valence-corrected chi connectivity index (χ0v) is 27.9. The first kappa shape index (κ1) is 32.9. The molecule has 49 heavy (non-hydrogen) atoms. The van der Waals surface area contributed by atoms with Gasteiger partial charge < -0.3 is 30.1 Å². The number of β-amino-alcohol motifs (C(OH)–C–C–N with tert-alkyl or cyclic N) is 1. The zero-order chi connectivity index (χ0) is 33.6. The van der Waals surface area contributed by atoms with Crippen LogP contribution in [-0.2, 0) is 13.1 Å². The predicted molar refractivity (Wildman–Crippen MR) is 194 cm³/mol. The summed E-state index contributed by atoms with van der Waals surface area (Å²) in [5.74, 6) is 0.430. The lowest BCUT2D eigenvalue weighted by Gasteiger charge is -2.40. The van der Waals surface area contributed by atoms with E-state index < -0.39 is 6.10 Å². The molecule has 2 aliphatic heterocycles. The second-order valence-electron chi connectivity index (χ2n) is 13.4. The topological polar surface area (TPSA) is 107 Å². The maximum Gasteiger partial charge on any atom is 0.169 e. The number of halogens is 1. The molecule has 0 radical (unpaired) electrons. The van der Waals surface area contributed by atoms with E-state index in [9.17, 15) is 9.50 Å². The number of aromatic nitrogens is 3. The molecular weight excluding hydrogens is 615 g/mol. The zero-order valence-electron chi connectivity index (χ0n) is 27.9. The number of nitrogens with one attached hydrogen (secondary N) is 2. The van der Waals surface area contributed by atoms with Gasteiger partial charge in [0, 0.05) is 54.8 Å². The van der Waals surface area contributed by atoms with Crippen molar-refractivity contribution in [2.45, 2.75) is 57.3 Å². The summed E-state index contributed by atoms with van der Waals surface area (Å²) in [5.41, 5.74) is 6.28. The molecule has 5 aromatic rings. The summed E-state index contributed by atoms with van der Waals surface area (Å²) in [6, 6.07) is 21.4. The van der Waals surface area contributed by atoms with E-state index in [1.165, 1.54) is 57.3 Å². The van der Waals surface area contributed by atoms with Crippen molar-refractivity contribution in [1.82, 2.24) is 24.3 Å². The van der Waals surface area contributed by atoms with Crippen LogP contribution in [0.5, 0.6) is 0 Å². The normalized spacial score (nSPS) is 16.9. The highest BCUT2D eigenvalue weighted by Crippen LogP contribution is 2.30. The van der Waals surface area contributed by atoms with Crippen LogP contribution < -0.4 is 16.0 Å². The van der Waals surface area contributed by atoms with Gasteiger partial charge in [-0.25, -0.2) is 14.4 Å². The quantitative estimate of drug-likeness (QED) is 0.138. The van der Waals surface area contributed by atoms with Gasteiger partial charge in [-0.3, -0.25) is 5.41 Å². The highest BCUT2D eigenvalue weighted by atomic mass is 19.1. The minimum Gasteiger partial charge on any atom is -0.390 e. The average molecular weight is 662 g/mol. The number of anilines is 3. The molecule has 0 bridgehead atoms. The van der Waals surface area contributed by atoms with Gasteiger partial charge in [0.25, 0.3) is 0 Å². The monoisotopic (exact) mass is 661 g/mol. The van der Waals surface area contributed by atoms with E-state index in [2.05, 4.69) is 59.4 Å². The van der Waals surface area contributed by atoms with Crippen LogP contribution in [-0.4, -0.2) is 80.5 Å². The van der Waals surface area contributed by atoms with Crippen molar-refractivity contribution < 1.29 is 14.9 Å². The van der Waals surface area contributed by atoms with E-state index in [1.807, 2.05) is 36.5 Å². The third kappa shape index (κ3) is 8.16. The van der Waals surface area contributed by atoms with Crippen molar-refractivity contribution in [1.29, 1.82) is 0 Å². The Morgan fingerprint density at radius 1 is 0.918 bits per heavy atom. The molecule has 10 heteroatoms. The second kappa shape index (κ2) is 15.3. The predicted octanol–water partition coefficient (Wildman–Crippen LogP) is 5.08. The first-order valence-electron chi connectivity index (χ1n) is 17.5. The fraction of sp³-hybridized carbons (Fsp3) is 0.359. The van der Waals surface area contributed by atoms with Gasteiger partial charge in [-0.2, -0.15) is 0 Å². The van der Waals surface area contributed by atoms with Crippen LogP contribution in [0.2, 0.25) is 0 Å². The standard InChI is InChI=1S/C39H45FN8O/c40-32-6-4-5-28(19-32)23-42-37-10-8-33(20-31(37)22-41)45-39-36-21-29(7-9-38(36)43-27-44-39)30-11-16-47(24-30)26-35(49)25-46-17-12-34(13-18-46)48-14-2-1-3-15-48/h4-11,16,19-22,24,27,34-35,41-42,49H,1-3,12-15,17-18,23,25-26H2,(H,43,44,45)/p+1. The van der Waals surface area contributed by atoms with E-state index in [4.69, 9.17) is 5.41 Å². The van der Waals surface area contributed by atoms with Gasteiger partial charge in [-0.1, -0.05) is 24.6 Å². The van der Waals surface area contributed by atoms with E-state index in [1.54, 1.807) is 18.6 Å². The van der Waals surface area contributed by atoms with Crippen LogP contribution >= 0.6 is 0 Å². The van der Waals surface area contributed by atoms with Gasteiger partial charge in [-0.15, -0.1) is 0 Å². The fourth-order valence-electron chi connectivity index (χ4n) is 7.33. The number of hydrogen-bond donors (Lipinski definition) is 4. The number of nitrogens with zero attached hydrogens (tertiary/aromatic N) is 5. The lowest BCUT2D eigenvalue weighted by Crippen LogP contribution is -2.48. The van der Waals surface area contributed by atoms with E-state index in [-0.39, 0.29) is 5.82 Å². The molecule has 0 saturated carbocycles.